The number of hydrogen-bond donors (Lipinski definition) is 2. The molecule has 1 saturated heterocycles. The zero-order valence-corrected chi connectivity index (χ0v) is 14.8. The molecule has 2 rings (SSSR count). The largest absolute Gasteiger partial charge is 0.348 e. The molecule has 0 aromatic heterocycles. The first kappa shape index (κ1) is 18.5. The van der Waals surface area contributed by atoms with Crippen molar-refractivity contribution in [1.29, 1.82) is 0 Å². The maximum atomic E-state index is 12.7. The molecular weight excluding hydrogens is 302 g/mol. The van der Waals surface area contributed by atoms with Crippen LogP contribution in [0.4, 0.5) is 0 Å². The van der Waals surface area contributed by atoms with Crippen molar-refractivity contribution in [3.8, 4) is 0 Å². The number of nitrogens with zero attached hydrogens (tertiary/aromatic N) is 1. The first-order valence-electron chi connectivity index (χ1n) is 9.06. The van der Waals surface area contributed by atoms with Gasteiger partial charge in [0.25, 0.3) is 11.8 Å². The summed E-state index contributed by atoms with van der Waals surface area (Å²) in [5.74, 6) is -0.0939. The standard InChI is InChI=1S/C19H29N3O2/c1-3-11-22(12-4-2)19(24)16-8-5-7-15(13-16)18(23)21-17-9-6-10-20-14-17/h5,7-8,13,17,20H,3-4,6,9-12,14H2,1-2H3,(H,21,23)/t17-/m0/s1. The third kappa shape index (κ3) is 5.06. The van der Waals surface area contributed by atoms with Gasteiger partial charge in [-0.05, 0) is 50.4 Å². The molecule has 0 saturated carbocycles. The number of nitrogens with one attached hydrogen (secondary N) is 2. The minimum Gasteiger partial charge on any atom is -0.348 e. The van der Waals surface area contributed by atoms with Crippen LogP contribution in [0.2, 0.25) is 0 Å². The van der Waals surface area contributed by atoms with Gasteiger partial charge >= 0.3 is 0 Å². The molecule has 2 N–H and O–H groups in total. The van der Waals surface area contributed by atoms with E-state index >= 15 is 0 Å². The lowest BCUT2D eigenvalue weighted by atomic mass is 10.1. The van der Waals surface area contributed by atoms with Crippen LogP contribution in [-0.4, -0.2) is 48.9 Å². The Morgan fingerprint density at radius 3 is 2.54 bits per heavy atom. The quantitative estimate of drug-likeness (QED) is 0.807. The minimum atomic E-state index is -0.101. The fourth-order valence-electron chi connectivity index (χ4n) is 3.07. The summed E-state index contributed by atoms with van der Waals surface area (Å²) in [5, 5.41) is 6.34. The van der Waals surface area contributed by atoms with E-state index in [-0.39, 0.29) is 17.9 Å². The number of piperidine rings is 1. The minimum absolute atomic E-state index is 0.00711. The van der Waals surface area contributed by atoms with Gasteiger partial charge in [-0.15, -0.1) is 0 Å². The molecule has 1 aliphatic rings. The van der Waals surface area contributed by atoms with E-state index in [0.717, 1.165) is 51.9 Å². The van der Waals surface area contributed by atoms with Gasteiger partial charge in [-0.25, -0.2) is 0 Å². The molecule has 0 bridgehead atoms. The molecule has 1 atom stereocenters. The molecule has 0 aliphatic carbocycles. The van der Waals surface area contributed by atoms with Gasteiger partial charge in [0.2, 0.25) is 0 Å². The van der Waals surface area contributed by atoms with Crippen LogP contribution in [0.15, 0.2) is 24.3 Å². The predicted molar refractivity (Wildman–Crippen MR) is 96.3 cm³/mol. The maximum Gasteiger partial charge on any atom is 0.253 e. The van der Waals surface area contributed by atoms with E-state index in [1.807, 2.05) is 4.90 Å². The fraction of sp³-hybridized carbons (Fsp3) is 0.579. The van der Waals surface area contributed by atoms with Crippen molar-refractivity contribution in [3.63, 3.8) is 0 Å². The number of amides is 2. The summed E-state index contributed by atoms with van der Waals surface area (Å²) in [6.45, 7) is 7.45. The lowest BCUT2D eigenvalue weighted by Crippen LogP contribution is -2.45. The highest BCUT2D eigenvalue weighted by molar-refractivity contribution is 5.99. The number of carbonyl (C=O) groups is 2. The second kappa shape index (κ2) is 9.42. The summed E-state index contributed by atoms with van der Waals surface area (Å²) in [4.78, 5) is 27.0. The lowest BCUT2D eigenvalue weighted by Gasteiger charge is -2.24. The van der Waals surface area contributed by atoms with Gasteiger partial charge in [0, 0.05) is 36.8 Å². The van der Waals surface area contributed by atoms with Crippen LogP contribution in [-0.2, 0) is 0 Å². The molecule has 1 aromatic rings. The summed E-state index contributed by atoms with van der Waals surface area (Å²) >= 11 is 0. The van der Waals surface area contributed by atoms with Crippen molar-refractivity contribution >= 4 is 11.8 Å². The molecule has 5 nitrogen and oxygen atoms in total. The van der Waals surface area contributed by atoms with Crippen molar-refractivity contribution < 1.29 is 9.59 Å². The molecule has 1 heterocycles. The Hall–Kier alpha value is -1.88. The number of hydrogen-bond acceptors (Lipinski definition) is 3. The molecule has 0 spiro atoms. The molecule has 132 valence electrons. The van der Waals surface area contributed by atoms with Crippen LogP contribution in [0.25, 0.3) is 0 Å². The molecule has 1 fully saturated rings. The zero-order chi connectivity index (χ0) is 17.4. The molecule has 1 aliphatic heterocycles. The van der Waals surface area contributed by atoms with E-state index in [1.54, 1.807) is 24.3 Å². The normalized spacial score (nSPS) is 17.3. The van der Waals surface area contributed by atoms with Gasteiger partial charge in [-0.2, -0.15) is 0 Å². The lowest BCUT2D eigenvalue weighted by molar-refractivity contribution is 0.0755. The summed E-state index contributed by atoms with van der Waals surface area (Å²) in [6.07, 6.45) is 3.94. The van der Waals surface area contributed by atoms with E-state index < -0.39 is 0 Å². The van der Waals surface area contributed by atoms with E-state index in [2.05, 4.69) is 24.5 Å². The van der Waals surface area contributed by atoms with Crippen molar-refractivity contribution in [2.24, 2.45) is 0 Å². The van der Waals surface area contributed by atoms with E-state index in [1.165, 1.54) is 0 Å². The second-order valence-electron chi connectivity index (χ2n) is 6.39. The zero-order valence-electron chi connectivity index (χ0n) is 14.8. The van der Waals surface area contributed by atoms with Gasteiger partial charge in [-0.3, -0.25) is 9.59 Å². The first-order valence-corrected chi connectivity index (χ1v) is 9.06. The molecule has 2 amide bonds. The summed E-state index contributed by atoms with van der Waals surface area (Å²) in [6, 6.07) is 7.23. The molecule has 1 aromatic carbocycles. The van der Waals surface area contributed by atoms with Crippen LogP contribution in [0.3, 0.4) is 0 Å². The van der Waals surface area contributed by atoms with Gasteiger partial charge in [0.1, 0.15) is 0 Å². The van der Waals surface area contributed by atoms with Crippen molar-refractivity contribution in [1.82, 2.24) is 15.5 Å². The Labute approximate surface area is 144 Å². The van der Waals surface area contributed by atoms with E-state index in [0.29, 0.717) is 11.1 Å². The van der Waals surface area contributed by atoms with Crippen LogP contribution >= 0.6 is 0 Å². The monoisotopic (exact) mass is 331 g/mol. The van der Waals surface area contributed by atoms with Gasteiger partial charge in [-0.1, -0.05) is 19.9 Å². The third-order valence-corrected chi connectivity index (χ3v) is 4.28. The number of carbonyl (C=O) groups excluding carboxylic acids is 2. The topological polar surface area (TPSA) is 61.4 Å². The van der Waals surface area contributed by atoms with Crippen molar-refractivity contribution in [3.05, 3.63) is 35.4 Å². The predicted octanol–water partition coefficient (Wildman–Crippen LogP) is 2.43. The smallest absolute Gasteiger partial charge is 0.253 e. The molecule has 0 unspecified atom stereocenters. The van der Waals surface area contributed by atoms with Crippen LogP contribution < -0.4 is 10.6 Å². The summed E-state index contributed by atoms with van der Waals surface area (Å²) in [5.41, 5.74) is 1.14. The maximum absolute atomic E-state index is 12.7. The van der Waals surface area contributed by atoms with Crippen molar-refractivity contribution in [2.75, 3.05) is 26.2 Å². The Kier molecular flexibility index (Phi) is 7.25. The van der Waals surface area contributed by atoms with E-state index in [4.69, 9.17) is 0 Å². The second-order valence-corrected chi connectivity index (χ2v) is 6.39. The SMILES string of the molecule is CCCN(CCC)C(=O)c1cccc(C(=O)N[C@H]2CCCNC2)c1. The van der Waals surface area contributed by atoms with Gasteiger partial charge in [0.15, 0.2) is 0 Å². The highest BCUT2D eigenvalue weighted by atomic mass is 16.2. The Morgan fingerprint density at radius 2 is 1.92 bits per heavy atom. The Morgan fingerprint density at radius 1 is 1.21 bits per heavy atom. The Bertz CT molecular complexity index is 547. The highest BCUT2D eigenvalue weighted by Crippen LogP contribution is 2.11. The first-order chi connectivity index (χ1) is 11.7. The summed E-state index contributed by atoms with van der Waals surface area (Å²) < 4.78 is 0. The third-order valence-electron chi connectivity index (χ3n) is 4.28. The number of rotatable bonds is 7. The van der Waals surface area contributed by atoms with Crippen LogP contribution in [0.1, 0.15) is 60.2 Å². The highest BCUT2D eigenvalue weighted by Gasteiger charge is 2.19. The molecule has 24 heavy (non-hydrogen) atoms. The van der Waals surface area contributed by atoms with E-state index in [9.17, 15) is 9.59 Å². The average molecular weight is 331 g/mol. The fourth-order valence-corrected chi connectivity index (χ4v) is 3.07. The summed E-state index contributed by atoms with van der Waals surface area (Å²) in [7, 11) is 0. The average Bonchev–Trinajstić information content (AvgIpc) is 2.62. The van der Waals surface area contributed by atoms with Crippen LogP contribution in [0, 0.1) is 0 Å². The van der Waals surface area contributed by atoms with Crippen LogP contribution in [0.5, 0.6) is 0 Å². The van der Waals surface area contributed by atoms with Gasteiger partial charge in [0.05, 0.1) is 0 Å². The van der Waals surface area contributed by atoms with Gasteiger partial charge < -0.3 is 15.5 Å². The Balaban J connectivity index is 2.06. The molecule has 5 heteroatoms. The number of benzene rings is 1. The molecular formula is C19H29N3O2. The molecule has 0 radical (unpaired) electrons. The van der Waals surface area contributed by atoms with Crippen molar-refractivity contribution in [2.45, 2.75) is 45.6 Å².